The smallest absolute Gasteiger partial charge is 0.315 e. The van der Waals surface area contributed by atoms with E-state index >= 15 is 0 Å². The number of methoxy groups -OCH3 is 1. The molecule has 1 atom stereocenters. The van der Waals surface area contributed by atoms with Crippen LogP contribution in [0.3, 0.4) is 0 Å². The van der Waals surface area contributed by atoms with E-state index in [4.69, 9.17) is 9.15 Å². The van der Waals surface area contributed by atoms with Crippen molar-refractivity contribution in [2.75, 3.05) is 12.4 Å². The molecule has 1 fully saturated rings. The van der Waals surface area contributed by atoms with Crippen LogP contribution in [0.4, 0.5) is 6.01 Å². The van der Waals surface area contributed by atoms with Crippen LogP contribution in [0.15, 0.2) is 28.7 Å². The second-order valence-electron chi connectivity index (χ2n) is 5.30. The van der Waals surface area contributed by atoms with E-state index in [1.165, 1.54) is 12.8 Å². The first kappa shape index (κ1) is 13.9. The molecule has 1 heterocycles. The predicted octanol–water partition coefficient (Wildman–Crippen LogP) is 2.50. The maximum Gasteiger partial charge on any atom is 0.315 e. The first-order valence-corrected chi connectivity index (χ1v) is 7.21. The Morgan fingerprint density at radius 2 is 2.05 bits per heavy atom. The lowest BCUT2D eigenvalue weighted by atomic mass is 10.1. The van der Waals surface area contributed by atoms with E-state index in [2.05, 4.69) is 20.8 Å². The maximum absolute atomic E-state index is 5.58. The first-order valence-electron chi connectivity index (χ1n) is 7.21. The predicted molar refractivity (Wildman–Crippen MR) is 79.2 cm³/mol. The van der Waals surface area contributed by atoms with Crippen molar-refractivity contribution in [1.82, 2.24) is 15.5 Å². The lowest BCUT2D eigenvalue weighted by Gasteiger charge is -2.12. The van der Waals surface area contributed by atoms with E-state index < -0.39 is 0 Å². The van der Waals surface area contributed by atoms with Crippen LogP contribution >= 0.6 is 0 Å². The Balaban J connectivity index is 1.56. The summed E-state index contributed by atoms with van der Waals surface area (Å²) >= 11 is 0. The molecule has 1 aromatic carbocycles. The van der Waals surface area contributed by atoms with Gasteiger partial charge >= 0.3 is 6.01 Å². The fraction of sp³-hybridized carbons (Fsp3) is 0.467. The van der Waals surface area contributed by atoms with Gasteiger partial charge in [0.2, 0.25) is 5.89 Å². The Morgan fingerprint density at radius 3 is 2.71 bits per heavy atom. The monoisotopic (exact) mass is 288 g/mol. The van der Waals surface area contributed by atoms with E-state index in [0.29, 0.717) is 24.5 Å². The lowest BCUT2D eigenvalue weighted by molar-refractivity contribution is 0.414. The highest BCUT2D eigenvalue weighted by molar-refractivity contribution is 5.33. The third kappa shape index (κ3) is 3.72. The Hall–Kier alpha value is -2.08. The van der Waals surface area contributed by atoms with Gasteiger partial charge in [-0.05, 0) is 37.5 Å². The highest BCUT2D eigenvalue weighted by atomic mass is 16.5. The molecule has 1 unspecified atom stereocenters. The van der Waals surface area contributed by atoms with Gasteiger partial charge in [-0.2, -0.15) is 0 Å². The number of aromatic nitrogens is 2. The number of rotatable bonds is 7. The number of hydrogen-bond acceptors (Lipinski definition) is 6. The minimum atomic E-state index is 0.0839. The normalized spacial score (nSPS) is 15.7. The summed E-state index contributed by atoms with van der Waals surface area (Å²) in [6.45, 7) is 2.68. The first-order chi connectivity index (χ1) is 10.2. The van der Waals surface area contributed by atoms with Crippen LogP contribution in [-0.2, 0) is 6.54 Å². The Morgan fingerprint density at radius 1 is 1.29 bits per heavy atom. The molecule has 3 rings (SSSR count). The summed E-state index contributed by atoms with van der Waals surface area (Å²) in [5.74, 6) is 1.46. The summed E-state index contributed by atoms with van der Waals surface area (Å²) in [5.41, 5.74) is 1.13. The second-order valence-corrected chi connectivity index (χ2v) is 5.30. The number of nitrogens with one attached hydrogen (secondary N) is 2. The van der Waals surface area contributed by atoms with Crippen molar-refractivity contribution in [1.29, 1.82) is 0 Å². The molecule has 1 aromatic heterocycles. The summed E-state index contributed by atoms with van der Waals surface area (Å²) in [6.07, 6.45) is 2.49. The molecule has 112 valence electrons. The van der Waals surface area contributed by atoms with Crippen molar-refractivity contribution >= 4 is 6.01 Å². The fourth-order valence-electron chi connectivity index (χ4n) is 2.06. The van der Waals surface area contributed by atoms with Crippen molar-refractivity contribution < 1.29 is 9.15 Å². The van der Waals surface area contributed by atoms with Gasteiger partial charge in [0, 0.05) is 6.04 Å². The summed E-state index contributed by atoms with van der Waals surface area (Å²) in [5, 5.41) is 14.6. The third-order valence-electron chi connectivity index (χ3n) is 3.54. The lowest BCUT2D eigenvalue weighted by Crippen LogP contribution is -2.15. The summed E-state index contributed by atoms with van der Waals surface area (Å²) in [6, 6.07) is 9.07. The van der Waals surface area contributed by atoms with Crippen LogP contribution in [0.25, 0.3) is 0 Å². The van der Waals surface area contributed by atoms with Gasteiger partial charge in [0.05, 0.1) is 19.7 Å². The summed E-state index contributed by atoms with van der Waals surface area (Å²) < 4.78 is 10.7. The quantitative estimate of drug-likeness (QED) is 0.815. The summed E-state index contributed by atoms with van der Waals surface area (Å²) in [7, 11) is 1.66. The van der Waals surface area contributed by atoms with Crippen molar-refractivity contribution in [3.63, 3.8) is 0 Å². The molecule has 21 heavy (non-hydrogen) atoms. The zero-order valence-electron chi connectivity index (χ0n) is 12.3. The molecule has 6 nitrogen and oxygen atoms in total. The fourth-order valence-corrected chi connectivity index (χ4v) is 2.06. The molecule has 1 aliphatic rings. The zero-order chi connectivity index (χ0) is 14.7. The molecular weight excluding hydrogens is 268 g/mol. The van der Waals surface area contributed by atoms with Gasteiger partial charge in [-0.1, -0.05) is 17.2 Å². The van der Waals surface area contributed by atoms with Crippen LogP contribution in [0, 0.1) is 0 Å². The van der Waals surface area contributed by atoms with Gasteiger partial charge < -0.3 is 19.8 Å². The molecule has 1 aliphatic carbocycles. The average molecular weight is 288 g/mol. The van der Waals surface area contributed by atoms with Crippen LogP contribution in [-0.4, -0.2) is 23.3 Å². The molecule has 0 aliphatic heterocycles. The maximum atomic E-state index is 5.58. The Kier molecular flexibility index (Phi) is 4.06. The van der Waals surface area contributed by atoms with Gasteiger partial charge in [-0.25, -0.2) is 0 Å². The van der Waals surface area contributed by atoms with Gasteiger partial charge in [0.15, 0.2) is 0 Å². The van der Waals surface area contributed by atoms with Crippen LogP contribution in [0.2, 0.25) is 0 Å². The standard InChI is InChI=1S/C15H20N4O2/c1-10(11-3-7-13(20-2)8-4-11)17-15-19-18-14(21-15)9-16-12-5-6-12/h3-4,7-8,10,12,16H,5-6,9H2,1-2H3,(H,17,19). The molecule has 0 saturated heterocycles. The number of nitrogens with zero attached hydrogens (tertiary/aromatic N) is 2. The minimum absolute atomic E-state index is 0.0839. The Bertz CT molecular complexity index is 578. The average Bonchev–Trinajstić information content (AvgIpc) is 3.25. The number of hydrogen-bond donors (Lipinski definition) is 2. The van der Waals surface area contributed by atoms with E-state index in [-0.39, 0.29) is 6.04 Å². The molecule has 0 bridgehead atoms. The van der Waals surface area contributed by atoms with Gasteiger partial charge in [-0.3, -0.25) is 0 Å². The molecule has 1 saturated carbocycles. The largest absolute Gasteiger partial charge is 0.497 e. The van der Waals surface area contributed by atoms with E-state index in [1.807, 2.05) is 31.2 Å². The molecule has 0 spiro atoms. The zero-order valence-corrected chi connectivity index (χ0v) is 12.3. The Labute approximate surface area is 123 Å². The SMILES string of the molecule is COc1ccc(C(C)Nc2nnc(CNC3CC3)o2)cc1. The molecule has 6 heteroatoms. The summed E-state index contributed by atoms with van der Waals surface area (Å²) in [4.78, 5) is 0. The van der Waals surface area contributed by atoms with Crippen LogP contribution < -0.4 is 15.4 Å². The molecule has 2 N–H and O–H groups in total. The van der Waals surface area contributed by atoms with Gasteiger partial charge in [-0.15, -0.1) is 5.10 Å². The van der Waals surface area contributed by atoms with Crippen LogP contribution in [0.1, 0.15) is 37.3 Å². The molecule has 2 aromatic rings. The topological polar surface area (TPSA) is 72.2 Å². The highest BCUT2D eigenvalue weighted by Gasteiger charge is 2.21. The molecule has 0 amide bonds. The molecule has 0 radical (unpaired) electrons. The number of ether oxygens (including phenoxy) is 1. The van der Waals surface area contributed by atoms with E-state index in [9.17, 15) is 0 Å². The highest BCUT2D eigenvalue weighted by Crippen LogP contribution is 2.22. The third-order valence-corrected chi connectivity index (χ3v) is 3.54. The van der Waals surface area contributed by atoms with Crippen LogP contribution in [0.5, 0.6) is 5.75 Å². The number of anilines is 1. The van der Waals surface area contributed by atoms with Crippen molar-refractivity contribution in [3.8, 4) is 5.75 Å². The van der Waals surface area contributed by atoms with Gasteiger partial charge in [0.1, 0.15) is 5.75 Å². The number of benzene rings is 1. The van der Waals surface area contributed by atoms with Crippen molar-refractivity contribution in [3.05, 3.63) is 35.7 Å². The van der Waals surface area contributed by atoms with Crippen molar-refractivity contribution in [2.24, 2.45) is 0 Å². The van der Waals surface area contributed by atoms with E-state index in [1.54, 1.807) is 7.11 Å². The molecular formula is C15H20N4O2. The van der Waals surface area contributed by atoms with Gasteiger partial charge in [0.25, 0.3) is 0 Å². The minimum Gasteiger partial charge on any atom is -0.497 e. The van der Waals surface area contributed by atoms with Crippen molar-refractivity contribution in [2.45, 2.75) is 38.4 Å². The second kappa shape index (κ2) is 6.13. The van der Waals surface area contributed by atoms with E-state index in [0.717, 1.165) is 11.3 Å².